The van der Waals surface area contributed by atoms with Gasteiger partial charge in [0.1, 0.15) is 0 Å². The van der Waals surface area contributed by atoms with Crippen LogP contribution >= 0.6 is 0 Å². The smallest absolute Gasteiger partial charge is 0.152 e. The van der Waals surface area contributed by atoms with E-state index in [2.05, 4.69) is 11.9 Å². The van der Waals surface area contributed by atoms with Gasteiger partial charge in [-0.25, -0.2) is 0 Å². The molecule has 0 aromatic heterocycles. The van der Waals surface area contributed by atoms with Crippen molar-refractivity contribution in [2.75, 3.05) is 40.8 Å². The molecule has 0 saturated carbocycles. The van der Waals surface area contributed by atoms with Gasteiger partial charge in [0.25, 0.3) is 0 Å². The van der Waals surface area contributed by atoms with E-state index in [-0.39, 0.29) is 0 Å². The van der Waals surface area contributed by atoms with Gasteiger partial charge in [0.05, 0.1) is 12.8 Å². The molecule has 4 nitrogen and oxygen atoms in total. The molecule has 1 aliphatic rings. The molecule has 0 radical (unpaired) electrons. The Morgan fingerprint density at radius 1 is 1.44 bits per heavy atom. The molecule has 0 unspecified atom stereocenters. The molecule has 16 heavy (non-hydrogen) atoms. The third-order valence-corrected chi connectivity index (χ3v) is 2.85. The number of hydrogen-bond acceptors (Lipinski definition) is 4. The second kappa shape index (κ2) is 6.53. The Morgan fingerprint density at radius 2 is 2.06 bits per heavy atom. The van der Waals surface area contributed by atoms with Crippen molar-refractivity contribution in [1.29, 1.82) is 5.41 Å². The van der Waals surface area contributed by atoms with Crippen LogP contribution in [0.1, 0.15) is 12.8 Å². The monoisotopic (exact) mass is 225 g/mol. The first kappa shape index (κ1) is 13.0. The molecule has 1 N–H and O–H groups in total. The summed E-state index contributed by atoms with van der Waals surface area (Å²) in [6.07, 6.45) is 5.50. The lowest BCUT2D eigenvalue weighted by Crippen LogP contribution is -2.32. The first-order chi connectivity index (χ1) is 7.61. The molecule has 0 aliphatic carbocycles. The molecule has 0 atom stereocenters. The fraction of sp³-hybridized carbons (Fsp3) is 0.750. The van der Waals surface area contributed by atoms with Crippen LogP contribution in [0, 0.1) is 11.3 Å². The van der Waals surface area contributed by atoms with Crippen LogP contribution in [0.2, 0.25) is 0 Å². The van der Waals surface area contributed by atoms with Gasteiger partial charge in [-0.15, -0.1) is 0 Å². The van der Waals surface area contributed by atoms with Crippen molar-refractivity contribution in [2.45, 2.75) is 12.8 Å². The van der Waals surface area contributed by atoms with E-state index in [4.69, 9.17) is 10.1 Å². The Balaban J connectivity index is 2.30. The molecule has 92 valence electrons. The Kier molecular flexibility index (Phi) is 5.32. The summed E-state index contributed by atoms with van der Waals surface area (Å²) in [4.78, 5) is 4.25. The first-order valence-electron chi connectivity index (χ1n) is 5.82. The third-order valence-electron chi connectivity index (χ3n) is 2.85. The maximum Gasteiger partial charge on any atom is 0.152 e. The normalized spacial score (nSPS) is 19.6. The predicted molar refractivity (Wildman–Crippen MR) is 66.7 cm³/mol. The molecule has 0 aromatic rings. The van der Waals surface area contributed by atoms with E-state index in [1.54, 1.807) is 0 Å². The van der Waals surface area contributed by atoms with E-state index < -0.39 is 0 Å². The number of ether oxygens (including phenoxy) is 1. The molecule has 1 heterocycles. The maximum atomic E-state index is 7.25. The highest BCUT2D eigenvalue weighted by atomic mass is 16.5. The van der Waals surface area contributed by atoms with Gasteiger partial charge in [-0.1, -0.05) is 0 Å². The summed E-state index contributed by atoms with van der Waals surface area (Å²) in [6, 6.07) is 0. The molecule has 1 fully saturated rings. The summed E-state index contributed by atoms with van der Waals surface area (Å²) in [6.45, 7) is 3.06. The van der Waals surface area contributed by atoms with Gasteiger partial charge in [0.15, 0.2) is 5.76 Å². The van der Waals surface area contributed by atoms with Gasteiger partial charge in [-0.05, 0) is 38.9 Å². The van der Waals surface area contributed by atoms with Crippen molar-refractivity contribution in [3.63, 3.8) is 0 Å². The predicted octanol–water partition coefficient (Wildman–Crippen LogP) is 1.40. The average molecular weight is 225 g/mol. The van der Waals surface area contributed by atoms with Crippen LogP contribution in [0.15, 0.2) is 12.0 Å². The number of piperidine rings is 1. The highest BCUT2D eigenvalue weighted by molar-refractivity contribution is 5.72. The van der Waals surface area contributed by atoms with Crippen molar-refractivity contribution < 1.29 is 4.74 Å². The standard InChI is InChI=1S/C12H23N3O/c1-14(2)9-12(8-13)16-10-11-4-6-15(3)7-5-11/h8-9,11,13H,4-7,10H2,1-3H3/b12-9+,13-8?. The van der Waals surface area contributed by atoms with Crippen LogP contribution < -0.4 is 0 Å². The van der Waals surface area contributed by atoms with Crippen LogP contribution in [-0.4, -0.2) is 56.9 Å². The van der Waals surface area contributed by atoms with Gasteiger partial charge in [0, 0.05) is 20.3 Å². The largest absolute Gasteiger partial charge is 0.490 e. The second-order valence-corrected chi connectivity index (χ2v) is 4.70. The van der Waals surface area contributed by atoms with Gasteiger partial charge in [-0.2, -0.15) is 0 Å². The van der Waals surface area contributed by atoms with E-state index in [1.165, 1.54) is 19.1 Å². The molecule has 1 rings (SSSR count). The minimum absolute atomic E-state index is 0.640. The minimum Gasteiger partial charge on any atom is -0.490 e. The average Bonchev–Trinajstić information content (AvgIpc) is 2.26. The summed E-state index contributed by atoms with van der Waals surface area (Å²) in [7, 11) is 6.02. The lowest BCUT2D eigenvalue weighted by molar-refractivity contribution is 0.124. The Morgan fingerprint density at radius 3 is 2.56 bits per heavy atom. The third kappa shape index (κ3) is 4.66. The Bertz CT molecular complexity index is 243. The fourth-order valence-electron chi connectivity index (χ4n) is 1.81. The minimum atomic E-state index is 0.640. The van der Waals surface area contributed by atoms with Crippen molar-refractivity contribution in [1.82, 2.24) is 9.80 Å². The highest BCUT2D eigenvalue weighted by Gasteiger charge is 2.17. The van der Waals surface area contributed by atoms with Crippen molar-refractivity contribution in [3.05, 3.63) is 12.0 Å². The number of hydrogen-bond donors (Lipinski definition) is 1. The van der Waals surface area contributed by atoms with Crippen molar-refractivity contribution >= 4 is 6.21 Å². The van der Waals surface area contributed by atoms with Gasteiger partial charge in [0.2, 0.25) is 0 Å². The number of nitrogens with zero attached hydrogens (tertiary/aromatic N) is 2. The first-order valence-corrected chi connectivity index (χ1v) is 5.82. The molecule has 0 aromatic carbocycles. The van der Waals surface area contributed by atoms with E-state index in [0.717, 1.165) is 19.7 Å². The molecular formula is C12H23N3O. The van der Waals surface area contributed by atoms with E-state index >= 15 is 0 Å². The summed E-state index contributed by atoms with van der Waals surface area (Å²) < 4.78 is 5.63. The lowest BCUT2D eigenvalue weighted by atomic mass is 9.98. The van der Waals surface area contributed by atoms with Crippen LogP contribution in [0.3, 0.4) is 0 Å². The van der Waals surface area contributed by atoms with E-state index in [9.17, 15) is 0 Å². The van der Waals surface area contributed by atoms with Crippen LogP contribution in [0.4, 0.5) is 0 Å². The quantitative estimate of drug-likeness (QED) is 0.568. The molecular weight excluding hydrogens is 202 g/mol. The molecule has 0 bridgehead atoms. The SMILES string of the molecule is CN(C)/C=C(\C=N)OCC1CCN(C)CC1. The van der Waals surface area contributed by atoms with Gasteiger partial charge in [-0.3, -0.25) is 0 Å². The molecule has 1 saturated heterocycles. The summed E-state index contributed by atoms with van der Waals surface area (Å²) in [5.41, 5.74) is 0. The molecule has 0 spiro atoms. The van der Waals surface area contributed by atoms with Gasteiger partial charge < -0.3 is 19.9 Å². The Hall–Kier alpha value is -1.03. The second-order valence-electron chi connectivity index (χ2n) is 4.70. The maximum absolute atomic E-state index is 7.25. The molecule has 1 aliphatic heterocycles. The number of likely N-dealkylation sites (tertiary alicyclic amines) is 1. The highest BCUT2D eigenvalue weighted by Crippen LogP contribution is 2.17. The van der Waals surface area contributed by atoms with Crippen LogP contribution in [0.25, 0.3) is 0 Å². The number of rotatable bonds is 5. The van der Waals surface area contributed by atoms with Crippen molar-refractivity contribution in [2.24, 2.45) is 5.92 Å². The Labute approximate surface area is 98.4 Å². The lowest BCUT2D eigenvalue weighted by Gasteiger charge is -2.28. The summed E-state index contributed by atoms with van der Waals surface area (Å²) >= 11 is 0. The number of nitrogens with one attached hydrogen (secondary N) is 1. The van der Waals surface area contributed by atoms with Gasteiger partial charge >= 0.3 is 0 Å². The molecule has 0 amide bonds. The zero-order chi connectivity index (χ0) is 12.0. The zero-order valence-corrected chi connectivity index (χ0v) is 10.6. The topological polar surface area (TPSA) is 39.6 Å². The zero-order valence-electron chi connectivity index (χ0n) is 10.6. The van der Waals surface area contributed by atoms with Crippen molar-refractivity contribution in [3.8, 4) is 0 Å². The molecule has 4 heteroatoms. The van der Waals surface area contributed by atoms with E-state index in [0.29, 0.717) is 11.7 Å². The van der Waals surface area contributed by atoms with Crippen LogP contribution in [0.5, 0.6) is 0 Å². The summed E-state index contributed by atoms with van der Waals surface area (Å²) in [5.74, 6) is 1.28. The summed E-state index contributed by atoms with van der Waals surface area (Å²) in [5, 5.41) is 7.25. The number of allylic oxidation sites excluding steroid dienone is 1. The fourth-order valence-corrected chi connectivity index (χ4v) is 1.81. The van der Waals surface area contributed by atoms with E-state index in [1.807, 2.05) is 25.2 Å². The van der Waals surface area contributed by atoms with Crippen LogP contribution in [-0.2, 0) is 4.74 Å².